The van der Waals surface area contributed by atoms with Crippen molar-refractivity contribution < 1.29 is 35.9 Å². The second-order valence-corrected chi connectivity index (χ2v) is 7.20. The van der Waals surface area contributed by atoms with Crippen molar-refractivity contribution in [2.45, 2.75) is 11.1 Å². The first-order valence-electron chi connectivity index (χ1n) is 7.46. The second kappa shape index (κ2) is 7.89. The minimum atomic E-state index is -4.60. The molecule has 144 valence electrons. The molecule has 0 saturated carbocycles. The molecule has 0 aliphatic rings. The Morgan fingerprint density at radius 1 is 1.04 bits per heavy atom. The predicted octanol–water partition coefficient (Wildman–Crippen LogP) is 2.65. The first-order chi connectivity index (χ1) is 12.5. The van der Waals surface area contributed by atoms with E-state index in [-0.39, 0.29) is 16.0 Å². The quantitative estimate of drug-likeness (QED) is 0.594. The van der Waals surface area contributed by atoms with Gasteiger partial charge in [-0.25, -0.2) is 17.9 Å². The lowest BCUT2D eigenvalue weighted by molar-refractivity contribution is -0.137. The number of esters is 1. The number of hydrogen-bond acceptors (Lipinski definition) is 5. The van der Waals surface area contributed by atoms with E-state index in [0.29, 0.717) is 6.07 Å². The van der Waals surface area contributed by atoms with Gasteiger partial charge in [-0.3, -0.25) is 4.79 Å². The summed E-state index contributed by atoms with van der Waals surface area (Å²) in [4.78, 5) is 23.8. The van der Waals surface area contributed by atoms with E-state index in [1.54, 1.807) is 0 Å². The van der Waals surface area contributed by atoms with Gasteiger partial charge in [-0.15, -0.1) is 0 Å². The van der Waals surface area contributed by atoms with E-state index in [0.717, 1.165) is 18.2 Å². The average Bonchev–Trinajstić information content (AvgIpc) is 2.65. The fourth-order valence-corrected chi connectivity index (χ4v) is 2.85. The first kappa shape index (κ1) is 20.6. The number of sulfonamides is 1. The topological polar surface area (TPSA) is 89.5 Å². The Morgan fingerprint density at radius 3 is 2.30 bits per heavy atom. The first-order valence-corrected chi connectivity index (χ1v) is 8.94. The molecule has 10 heteroatoms. The molecule has 0 aliphatic heterocycles. The van der Waals surface area contributed by atoms with Crippen molar-refractivity contribution in [2.75, 3.05) is 13.7 Å². The lowest BCUT2D eigenvalue weighted by Gasteiger charge is -2.09. The maximum atomic E-state index is 12.7. The molecule has 0 aliphatic carbocycles. The largest absolute Gasteiger partial charge is 0.454 e. The molecular weight excluding hydrogens is 387 g/mol. The van der Waals surface area contributed by atoms with E-state index in [1.165, 1.54) is 31.3 Å². The van der Waals surface area contributed by atoms with Crippen molar-refractivity contribution in [2.24, 2.45) is 0 Å². The van der Waals surface area contributed by atoms with Gasteiger partial charge < -0.3 is 4.74 Å². The molecule has 0 atom stereocenters. The Hall–Kier alpha value is -2.72. The normalized spacial score (nSPS) is 11.9. The molecule has 0 saturated heterocycles. The van der Waals surface area contributed by atoms with Gasteiger partial charge >= 0.3 is 12.1 Å². The lowest BCUT2D eigenvalue weighted by atomic mass is 10.1. The summed E-state index contributed by atoms with van der Waals surface area (Å²) in [6.45, 7) is -0.789. The van der Waals surface area contributed by atoms with Gasteiger partial charge in [-0.05, 0) is 37.4 Å². The number of benzene rings is 2. The summed E-state index contributed by atoms with van der Waals surface area (Å²) in [7, 11) is -2.58. The van der Waals surface area contributed by atoms with Crippen LogP contribution in [0.4, 0.5) is 13.2 Å². The summed E-state index contributed by atoms with van der Waals surface area (Å²) < 4.78 is 68.4. The Morgan fingerprint density at radius 2 is 1.67 bits per heavy atom. The van der Waals surface area contributed by atoms with Gasteiger partial charge in [-0.2, -0.15) is 13.2 Å². The van der Waals surface area contributed by atoms with Crippen LogP contribution in [0.3, 0.4) is 0 Å². The van der Waals surface area contributed by atoms with Crippen molar-refractivity contribution in [1.82, 2.24) is 4.72 Å². The molecule has 2 rings (SSSR count). The van der Waals surface area contributed by atoms with Gasteiger partial charge in [0.25, 0.3) is 0 Å². The number of ether oxygens (including phenoxy) is 1. The highest BCUT2D eigenvalue weighted by Gasteiger charge is 2.31. The van der Waals surface area contributed by atoms with Gasteiger partial charge in [0.2, 0.25) is 10.0 Å². The van der Waals surface area contributed by atoms with Gasteiger partial charge in [-0.1, -0.05) is 18.2 Å². The van der Waals surface area contributed by atoms with Crippen molar-refractivity contribution in [1.29, 1.82) is 0 Å². The monoisotopic (exact) mass is 401 g/mol. The highest BCUT2D eigenvalue weighted by atomic mass is 32.2. The zero-order chi connectivity index (χ0) is 20.2. The molecule has 1 N–H and O–H groups in total. The summed E-state index contributed by atoms with van der Waals surface area (Å²) in [5.74, 6) is -1.81. The lowest BCUT2D eigenvalue weighted by Crippen LogP contribution is -2.19. The standard InChI is InChI=1S/C17H14F3NO5S/c1-21-27(24,25)14-7-3-5-12(9-14)16(23)26-10-15(22)11-4-2-6-13(8-11)17(18,19)20/h2-9,21H,10H2,1H3. The van der Waals surface area contributed by atoms with Crippen LogP contribution in [0.2, 0.25) is 0 Å². The molecule has 2 aromatic rings. The van der Waals surface area contributed by atoms with Crippen LogP contribution in [0, 0.1) is 0 Å². The van der Waals surface area contributed by atoms with Crippen LogP contribution in [0.15, 0.2) is 53.4 Å². The minimum Gasteiger partial charge on any atom is -0.454 e. The Labute approximate surface area is 153 Å². The molecule has 0 unspecified atom stereocenters. The smallest absolute Gasteiger partial charge is 0.416 e. The molecular formula is C17H14F3NO5S. The molecule has 6 nitrogen and oxygen atoms in total. The summed E-state index contributed by atoms with van der Waals surface area (Å²) in [5, 5.41) is 0. The minimum absolute atomic E-state index is 0.122. The predicted molar refractivity (Wildman–Crippen MR) is 88.7 cm³/mol. The number of hydrogen-bond donors (Lipinski definition) is 1. The van der Waals surface area contributed by atoms with Gasteiger partial charge in [0.05, 0.1) is 16.0 Å². The Balaban J connectivity index is 2.10. The van der Waals surface area contributed by atoms with E-state index in [1.807, 2.05) is 0 Å². The maximum Gasteiger partial charge on any atom is 0.416 e. The van der Waals surface area contributed by atoms with Crippen molar-refractivity contribution >= 4 is 21.8 Å². The van der Waals surface area contributed by atoms with E-state index < -0.39 is 40.1 Å². The van der Waals surface area contributed by atoms with Gasteiger partial charge in [0, 0.05) is 5.56 Å². The fraction of sp³-hybridized carbons (Fsp3) is 0.176. The Kier molecular flexibility index (Phi) is 6.01. The molecule has 2 aromatic carbocycles. The third-order valence-corrected chi connectivity index (χ3v) is 4.91. The summed E-state index contributed by atoms with van der Waals surface area (Å²) in [6, 6.07) is 8.64. The number of ketones is 1. The highest BCUT2D eigenvalue weighted by molar-refractivity contribution is 7.89. The molecule has 0 radical (unpaired) electrons. The van der Waals surface area contributed by atoms with Crippen molar-refractivity contribution in [3.63, 3.8) is 0 Å². The zero-order valence-electron chi connectivity index (χ0n) is 13.9. The van der Waals surface area contributed by atoms with Crippen LogP contribution < -0.4 is 4.72 Å². The molecule has 0 fully saturated rings. The molecule has 0 heterocycles. The van der Waals surface area contributed by atoms with Crippen LogP contribution in [0.1, 0.15) is 26.3 Å². The fourth-order valence-electron chi connectivity index (χ4n) is 2.07. The average molecular weight is 401 g/mol. The molecule has 0 aromatic heterocycles. The third kappa shape index (κ3) is 5.14. The summed E-state index contributed by atoms with van der Waals surface area (Å²) in [6.07, 6.45) is -4.60. The summed E-state index contributed by atoms with van der Waals surface area (Å²) in [5.41, 5.74) is -1.38. The number of nitrogens with one attached hydrogen (secondary N) is 1. The molecule has 0 bridgehead atoms. The van der Waals surface area contributed by atoms with Crippen molar-refractivity contribution in [3.05, 3.63) is 65.2 Å². The van der Waals surface area contributed by atoms with Crippen LogP contribution in [-0.2, 0) is 20.9 Å². The number of halogens is 3. The second-order valence-electron chi connectivity index (χ2n) is 5.31. The van der Waals surface area contributed by atoms with E-state index >= 15 is 0 Å². The van der Waals surface area contributed by atoms with Gasteiger partial charge in [0.1, 0.15) is 0 Å². The van der Waals surface area contributed by atoms with Crippen LogP contribution in [0.25, 0.3) is 0 Å². The molecule has 0 spiro atoms. The van der Waals surface area contributed by atoms with E-state index in [2.05, 4.69) is 4.72 Å². The van der Waals surface area contributed by atoms with Crippen LogP contribution >= 0.6 is 0 Å². The molecule has 27 heavy (non-hydrogen) atoms. The van der Waals surface area contributed by atoms with E-state index in [9.17, 15) is 31.2 Å². The number of carbonyl (C=O) groups is 2. The Bertz CT molecular complexity index is 971. The van der Waals surface area contributed by atoms with Crippen LogP contribution in [0.5, 0.6) is 0 Å². The highest BCUT2D eigenvalue weighted by Crippen LogP contribution is 2.29. The number of alkyl halides is 3. The van der Waals surface area contributed by atoms with Crippen molar-refractivity contribution in [3.8, 4) is 0 Å². The van der Waals surface area contributed by atoms with E-state index in [4.69, 9.17) is 4.74 Å². The number of carbonyl (C=O) groups excluding carboxylic acids is 2. The molecule has 0 amide bonds. The number of Topliss-reactive ketones (excluding diaryl/α,β-unsaturated/α-hetero) is 1. The summed E-state index contributed by atoms with van der Waals surface area (Å²) >= 11 is 0. The SMILES string of the molecule is CNS(=O)(=O)c1cccc(C(=O)OCC(=O)c2cccc(C(F)(F)F)c2)c1. The van der Waals surface area contributed by atoms with Crippen LogP contribution in [-0.4, -0.2) is 33.8 Å². The van der Waals surface area contributed by atoms with Gasteiger partial charge in [0.15, 0.2) is 12.4 Å². The maximum absolute atomic E-state index is 12.7. The zero-order valence-corrected chi connectivity index (χ0v) is 14.7. The number of rotatable bonds is 6. The third-order valence-electron chi connectivity index (χ3n) is 3.49.